The molecule has 2 heteroatoms. The average molecular weight is 194 g/mol. The molecule has 2 saturated carbocycles. The van der Waals surface area contributed by atoms with Crippen LogP contribution >= 0.6 is 0 Å². The lowest BCUT2D eigenvalue weighted by Crippen LogP contribution is -2.22. The molecule has 3 atom stereocenters. The maximum absolute atomic E-state index is 10.9. The van der Waals surface area contributed by atoms with Crippen molar-refractivity contribution in [3.05, 3.63) is 12.2 Å². The van der Waals surface area contributed by atoms with Gasteiger partial charge < -0.3 is 4.74 Å². The molecule has 2 rings (SSSR count). The Balaban J connectivity index is 2.03. The van der Waals surface area contributed by atoms with Crippen molar-refractivity contribution in [3.63, 3.8) is 0 Å². The summed E-state index contributed by atoms with van der Waals surface area (Å²) in [6.45, 7) is 10.1. The number of hydrogen-bond acceptors (Lipinski definition) is 2. The summed E-state index contributed by atoms with van der Waals surface area (Å²) in [6.07, 6.45) is 2.00. The van der Waals surface area contributed by atoms with Gasteiger partial charge in [-0.05, 0) is 35.7 Å². The zero-order chi connectivity index (χ0) is 10.5. The van der Waals surface area contributed by atoms with Gasteiger partial charge in [0.05, 0.1) is 0 Å². The number of rotatable bonds is 1. The first-order chi connectivity index (χ1) is 6.43. The van der Waals surface area contributed by atoms with E-state index in [0.717, 1.165) is 30.3 Å². The van der Waals surface area contributed by atoms with Crippen LogP contribution in [0.1, 0.15) is 33.6 Å². The van der Waals surface area contributed by atoms with Gasteiger partial charge in [-0.1, -0.05) is 20.4 Å². The molecule has 0 amide bonds. The fraction of sp³-hybridized carbons (Fsp3) is 0.750. The van der Waals surface area contributed by atoms with Crippen LogP contribution in [-0.4, -0.2) is 12.1 Å². The summed E-state index contributed by atoms with van der Waals surface area (Å²) in [6, 6.07) is 0. The lowest BCUT2D eigenvalue weighted by atomic mass is 9.93. The minimum atomic E-state index is -0.187. The van der Waals surface area contributed by atoms with E-state index in [-0.39, 0.29) is 12.1 Å². The van der Waals surface area contributed by atoms with Crippen molar-refractivity contribution < 1.29 is 9.53 Å². The fourth-order valence-electron chi connectivity index (χ4n) is 2.87. The second-order valence-electron chi connectivity index (χ2n) is 5.23. The van der Waals surface area contributed by atoms with Crippen LogP contribution < -0.4 is 0 Å². The number of hydrogen-bond donors (Lipinski definition) is 0. The Kier molecular flexibility index (Phi) is 1.98. The number of ether oxygens (including phenoxy) is 1. The highest BCUT2D eigenvalue weighted by Crippen LogP contribution is 2.65. The van der Waals surface area contributed by atoms with Gasteiger partial charge in [0.2, 0.25) is 0 Å². The summed E-state index contributed by atoms with van der Waals surface area (Å²) >= 11 is 0. The molecule has 0 spiro atoms. The highest BCUT2D eigenvalue weighted by atomic mass is 16.5. The van der Waals surface area contributed by atoms with Crippen molar-refractivity contribution in [2.75, 3.05) is 0 Å². The average Bonchev–Trinajstić information content (AvgIpc) is 2.54. The summed E-state index contributed by atoms with van der Waals surface area (Å²) < 4.78 is 5.26. The van der Waals surface area contributed by atoms with Crippen LogP contribution in [0.4, 0.5) is 0 Å². The Morgan fingerprint density at radius 3 is 2.71 bits per heavy atom. The molecule has 0 aromatic rings. The first kappa shape index (κ1) is 9.75. The molecule has 0 saturated heterocycles. The molecule has 0 unspecified atom stereocenters. The van der Waals surface area contributed by atoms with Crippen LogP contribution in [0.2, 0.25) is 0 Å². The minimum Gasteiger partial charge on any atom is -0.458 e. The van der Waals surface area contributed by atoms with E-state index in [1.807, 2.05) is 0 Å². The van der Waals surface area contributed by atoms with Gasteiger partial charge in [0.1, 0.15) is 6.10 Å². The van der Waals surface area contributed by atoms with Gasteiger partial charge in [0.25, 0.3) is 0 Å². The summed E-state index contributed by atoms with van der Waals surface area (Å²) in [5.41, 5.74) is 1.55. The van der Waals surface area contributed by atoms with Crippen molar-refractivity contribution in [2.24, 2.45) is 17.3 Å². The Labute approximate surface area is 85.3 Å². The van der Waals surface area contributed by atoms with Gasteiger partial charge in [0, 0.05) is 6.92 Å². The van der Waals surface area contributed by atoms with Crippen molar-refractivity contribution in [1.29, 1.82) is 0 Å². The summed E-state index contributed by atoms with van der Waals surface area (Å²) in [4.78, 5) is 10.9. The van der Waals surface area contributed by atoms with Crippen LogP contribution in [0, 0.1) is 17.3 Å². The summed E-state index contributed by atoms with van der Waals surface area (Å²) in [7, 11) is 0. The third-order valence-electron chi connectivity index (χ3n) is 4.00. The Hall–Kier alpha value is -0.790. The third kappa shape index (κ3) is 1.37. The molecule has 0 N–H and O–H groups in total. The van der Waals surface area contributed by atoms with Crippen molar-refractivity contribution in [2.45, 2.75) is 39.7 Å². The smallest absolute Gasteiger partial charge is 0.303 e. The van der Waals surface area contributed by atoms with Gasteiger partial charge in [-0.15, -0.1) is 0 Å². The number of carbonyl (C=O) groups excluding carboxylic acids is 1. The fourth-order valence-corrected chi connectivity index (χ4v) is 2.87. The van der Waals surface area contributed by atoms with Gasteiger partial charge in [-0.2, -0.15) is 0 Å². The molecule has 78 valence electrons. The SMILES string of the molecule is C=C1C[C@H]2[C@@H](C[C@H]1OC(C)=O)C2(C)C. The van der Waals surface area contributed by atoms with E-state index >= 15 is 0 Å². The van der Waals surface area contributed by atoms with Crippen LogP contribution in [0.3, 0.4) is 0 Å². The second-order valence-corrected chi connectivity index (χ2v) is 5.23. The number of fused-ring (bicyclic) bond motifs is 1. The first-order valence-corrected chi connectivity index (χ1v) is 5.28. The standard InChI is InChI=1S/C12H18O2/c1-7-5-9-10(12(9,3)4)6-11(7)14-8(2)13/h9-11H,1,5-6H2,2-4H3/t9-,10+,11+/m0/s1. The molecular weight excluding hydrogens is 176 g/mol. The third-order valence-corrected chi connectivity index (χ3v) is 4.00. The normalized spacial score (nSPS) is 38.8. The second kappa shape index (κ2) is 2.85. The quantitative estimate of drug-likeness (QED) is 0.473. The topological polar surface area (TPSA) is 26.3 Å². The molecule has 0 aromatic carbocycles. The predicted octanol–water partition coefficient (Wildman–Crippen LogP) is 2.54. The lowest BCUT2D eigenvalue weighted by molar-refractivity contribution is -0.145. The molecular formula is C12H18O2. The van der Waals surface area contributed by atoms with E-state index in [0.29, 0.717) is 5.41 Å². The maximum Gasteiger partial charge on any atom is 0.303 e. The summed E-state index contributed by atoms with van der Waals surface area (Å²) in [5.74, 6) is 1.33. The highest BCUT2D eigenvalue weighted by molar-refractivity contribution is 5.66. The van der Waals surface area contributed by atoms with E-state index in [1.165, 1.54) is 6.92 Å². The van der Waals surface area contributed by atoms with E-state index in [9.17, 15) is 4.79 Å². The zero-order valence-corrected chi connectivity index (χ0v) is 9.17. The Morgan fingerprint density at radius 2 is 2.14 bits per heavy atom. The lowest BCUT2D eigenvalue weighted by Gasteiger charge is -2.23. The molecule has 0 heterocycles. The van der Waals surface area contributed by atoms with Crippen molar-refractivity contribution >= 4 is 5.97 Å². The van der Waals surface area contributed by atoms with Crippen LogP contribution in [-0.2, 0) is 9.53 Å². The van der Waals surface area contributed by atoms with Gasteiger partial charge in [-0.25, -0.2) is 0 Å². The van der Waals surface area contributed by atoms with Crippen molar-refractivity contribution in [1.82, 2.24) is 0 Å². The van der Waals surface area contributed by atoms with Crippen LogP contribution in [0.5, 0.6) is 0 Å². The molecule has 14 heavy (non-hydrogen) atoms. The Bertz CT molecular complexity index is 291. The minimum absolute atomic E-state index is 0.0180. The molecule has 0 aromatic heterocycles. The maximum atomic E-state index is 10.9. The van der Waals surface area contributed by atoms with Gasteiger partial charge in [0.15, 0.2) is 0 Å². The molecule has 0 bridgehead atoms. The monoisotopic (exact) mass is 194 g/mol. The number of esters is 1. The summed E-state index contributed by atoms with van der Waals surface area (Å²) in [5, 5.41) is 0. The van der Waals surface area contributed by atoms with Crippen LogP contribution in [0.25, 0.3) is 0 Å². The van der Waals surface area contributed by atoms with Crippen molar-refractivity contribution in [3.8, 4) is 0 Å². The molecule has 0 radical (unpaired) electrons. The first-order valence-electron chi connectivity index (χ1n) is 5.28. The predicted molar refractivity (Wildman–Crippen MR) is 54.7 cm³/mol. The van der Waals surface area contributed by atoms with Gasteiger partial charge >= 0.3 is 5.97 Å². The Morgan fingerprint density at radius 1 is 1.50 bits per heavy atom. The van der Waals surface area contributed by atoms with E-state index in [4.69, 9.17) is 4.74 Å². The highest BCUT2D eigenvalue weighted by Gasteiger charge is 2.60. The van der Waals surface area contributed by atoms with E-state index < -0.39 is 0 Å². The molecule has 2 aliphatic rings. The molecule has 2 aliphatic carbocycles. The van der Waals surface area contributed by atoms with Crippen LogP contribution in [0.15, 0.2) is 12.2 Å². The largest absolute Gasteiger partial charge is 0.458 e. The van der Waals surface area contributed by atoms with E-state index in [2.05, 4.69) is 20.4 Å². The van der Waals surface area contributed by atoms with Gasteiger partial charge in [-0.3, -0.25) is 4.79 Å². The number of carbonyl (C=O) groups is 1. The van der Waals surface area contributed by atoms with E-state index in [1.54, 1.807) is 0 Å². The molecule has 2 fully saturated rings. The molecule has 2 nitrogen and oxygen atoms in total. The zero-order valence-electron chi connectivity index (χ0n) is 9.17. The molecule has 0 aliphatic heterocycles.